The highest BCUT2D eigenvalue weighted by Gasteiger charge is 2.81. The molecule has 1 saturated carbocycles. The van der Waals surface area contributed by atoms with E-state index in [2.05, 4.69) is 19.9 Å². The standard InChI is InChI=1S/C17H22Cl2O5/c1-9-3-4-16(7-22-14(21)13(18)19)11(5-9)24-12-10(20)6-15(16,2)17(12)8-23-17/h5,10-13,20H,3-4,6-8H2,1-2H3/t10-,11-,12-,15-,16-,17+/m1/s1. The lowest BCUT2D eigenvalue weighted by Gasteiger charge is -2.57. The number of allylic oxidation sites excluding steroid dienone is 1. The average molecular weight is 377 g/mol. The summed E-state index contributed by atoms with van der Waals surface area (Å²) in [6.45, 7) is 4.95. The van der Waals surface area contributed by atoms with Crippen LogP contribution >= 0.6 is 23.2 Å². The molecule has 4 rings (SSSR count). The minimum absolute atomic E-state index is 0.164. The van der Waals surface area contributed by atoms with Crippen molar-refractivity contribution < 1.29 is 24.1 Å². The summed E-state index contributed by atoms with van der Waals surface area (Å²) in [5.41, 5.74) is -0.0106. The Kier molecular flexibility index (Phi) is 3.80. The van der Waals surface area contributed by atoms with Gasteiger partial charge in [-0.25, -0.2) is 4.79 Å². The molecule has 0 aromatic heterocycles. The molecule has 24 heavy (non-hydrogen) atoms. The van der Waals surface area contributed by atoms with Crippen molar-refractivity contribution in [3.8, 4) is 0 Å². The van der Waals surface area contributed by atoms with E-state index in [-0.39, 0.29) is 24.2 Å². The SMILES string of the molecule is CC1=C[C@H]2O[C@@H]3[C@H](O)C[C@](C)([C@@]2(COC(=O)C(Cl)Cl)CC1)[C@]31CO1. The van der Waals surface area contributed by atoms with E-state index in [1.54, 1.807) is 0 Å². The summed E-state index contributed by atoms with van der Waals surface area (Å²) >= 11 is 11.3. The summed E-state index contributed by atoms with van der Waals surface area (Å²) in [5, 5.41) is 10.6. The maximum atomic E-state index is 11.8. The van der Waals surface area contributed by atoms with E-state index >= 15 is 0 Å². The number of carbonyl (C=O) groups is 1. The van der Waals surface area contributed by atoms with E-state index in [0.717, 1.165) is 12.8 Å². The van der Waals surface area contributed by atoms with Gasteiger partial charge in [-0.2, -0.15) is 0 Å². The van der Waals surface area contributed by atoms with Gasteiger partial charge in [0.25, 0.3) is 0 Å². The predicted octanol–water partition coefficient (Wildman–Crippen LogP) is 2.37. The van der Waals surface area contributed by atoms with Gasteiger partial charge in [-0.3, -0.25) is 0 Å². The van der Waals surface area contributed by atoms with Crippen molar-refractivity contribution in [3.63, 3.8) is 0 Å². The second kappa shape index (κ2) is 5.34. The van der Waals surface area contributed by atoms with E-state index in [0.29, 0.717) is 13.0 Å². The highest BCUT2D eigenvalue weighted by atomic mass is 35.5. The Morgan fingerprint density at radius 3 is 2.88 bits per heavy atom. The molecule has 0 radical (unpaired) electrons. The van der Waals surface area contributed by atoms with Gasteiger partial charge in [-0.1, -0.05) is 41.8 Å². The minimum atomic E-state index is -1.20. The molecule has 1 N–H and O–H groups in total. The Morgan fingerprint density at radius 1 is 1.54 bits per heavy atom. The summed E-state index contributed by atoms with van der Waals surface area (Å²) in [5.74, 6) is -0.646. The van der Waals surface area contributed by atoms with Crippen LogP contribution in [0.4, 0.5) is 0 Å². The number of alkyl halides is 2. The number of hydrogen-bond donors (Lipinski definition) is 1. The van der Waals surface area contributed by atoms with Gasteiger partial charge < -0.3 is 19.3 Å². The molecule has 3 fully saturated rings. The molecule has 6 atom stereocenters. The lowest BCUT2D eigenvalue weighted by Crippen LogP contribution is -2.64. The van der Waals surface area contributed by atoms with Gasteiger partial charge in [0, 0.05) is 10.8 Å². The molecule has 2 saturated heterocycles. The lowest BCUT2D eigenvalue weighted by atomic mass is 9.52. The third-order valence-corrected chi connectivity index (χ3v) is 7.16. The van der Waals surface area contributed by atoms with Gasteiger partial charge in [0.2, 0.25) is 4.84 Å². The van der Waals surface area contributed by atoms with E-state index in [1.165, 1.54) is 5.57 Å². The highest BCUT2D eigenvalue weighted by Crippen LogP contribution is 2.71. The topological polar surface area (TPSA) is 68.3 Å². The number of esters is 1. The fourth-order valence-electron chi connectivity index (χ4n) is 5.27. The number of aliphatic hydroxyl groups is 1. The first-order valence-electron chi connectivity index (χ1n) is 8.35. The van der Waals surface area contributed by atoms with Crippen LogP contribution < -0.4 is 0 Å². The summed E-state index contributed by atoms with van der Waals surface area (Å²) in [7, 11) is 0. The van der Waals surface area contributed by atoms with Gasteiger partial charge in [-0.15, -0.1) is 0 Å². The first-order valence-corrected chi connectivity index (χ1v) is 9.23. The quantitative estimate of drug-likeness (QED) is 0.354. The fraction of sp³-hybridized carbons (Fsp3) is 0.824. The summed E-state index contributed by atoms with van der Waals surface area (Å²) < 4.78 is 17.6. The third kappa shape index (κ3) is 2.02. The van der Waals surface area contributed by atoms with Crippen LogP contribution in [0.25, 0.3) is 0 Å². The number of carbonyl (C=O) groups excluding carboxylic acids is 1. The van der Waals surface area contributed by atoms with Crippen molar-refractivity contribution in [2.45, 2.75) is 61.9 Å². The number of hydrogen-bond acceptors (Lipinski definition) is 5. The van der Waals surface area contributed by atoms with Crippen LogP contribution in [0, 0.1) is 10.8 Å². The second-order valence-electron chi connectivity index (χ2n) is 7.84. The molecule has 5 nitrogen and oxygen atoms in total. The van der Waals surface area contributed by atoms with Crippen molar-refractivity contribution in [1.82, 2.24) is 0 Å². The summed E-state index contributed by atoms with van der Waals surface area (Å²) in [6.07, 6.45) is 3.27. The van der Waals surface area contributed by atoms with E-state index in [9.17, 15) is 9.90 Å². The molecule has 0 unspecified atom stereocenters. The smallest absolute Gasteiger partial charge is 0.339 e. The molecule has 1 spiro atoms. The first kappa shape index (κ1) is 17.1. The molecule has 2 heterocycles. The second-order valence-corrected chi connectivity index (χ2v) is 8.93. The molecule has 0 amide bonds. The maximum absolute atomic E-state index is 11.8. The molecule has 2 aliphatic heterocycles. The number of ether oxygens (including phenoxy) is 3. The number of epoxide rings is 1. The van der Waals surface area contributed by atoms with Crippen LogP contribution in [0.5, 0.6) is 0 Å². The zero-order valence-electron chi connectivity index (χ0n) is 13.8. The number of aliphatic hydroxyl groups excluding tert-OH is 1. The Balaban J connectivity index is 1.73. The van der Waals surface area contributed by atoms with Crippen LogP contribution in [0.2, 0.25) is 0 Å². The number of rotatable bonds is 3. The first-order chi connectivity index (χ1) is 11.3. The maximum Gasteiger partial charge on any atom is 0.339 e. The van der Waals surface area contributed by atoms with Gasteiger partial charge in [0.1, 0.15) is 18.3 Å². The van der Waals surface area contributed by atoms with Crippen molar-refractivity contribution in [2.75, 3.05) is 13.2 Å². The van der Waals surface area contributed by atoms with Gasteiger partial charge in [0.15, 0.2) is 0 Å². The van der Waals surface area contributed by atoms with Crippen LogP contribution in [-0.4, -0.2) is 53.0 Å². The van der Waals surface area contributed by atoms with Crippen LogP contribution in [0.3, 0.4) is 0 Å². The molecule has 0 aromatic rings. The molecule has 7 heteroatoms. The Hall–Kier alpha value is -0.330. The monoisotopic (exact) mass is 376 g/mol. The van der Waals surface area contributed by atoms with Crippen molar-refractivity contribution in [1.29, 1.82) is 0 Å². The molecular formula is C17H22Cl2O5. The Morgan fingerprint density at radius 2 is 2.25 bits per heavy atom. The van der Waals surface area contributed by atoms with Crippen LogP contribution in [-0.2, 0) is 19.0 Å². The summed E-state index contributed by atoms with van der Waals surface area (Å²) in [6, 6.07) is 0. The predicted molar refractivity (Wildman–Crippen MR) is 88.0 cm³/mol. The van der Waals surface area contributed by atoms with Gasteiger partial charge in [0.05, 0.1) is 18.8 Å². The molecule has 134 valence electrons. The molecule has 2 aliphatic carbocycles. The molecule has 2 bridgehead atoms. The normalized spacial score (nSPS) is 49.1. The van der Waals surface area contributed by atoms with Crippen molar-refractivity contribution in [2.24, 2.45) is 10.8 Å². The molecule has 0 aromatic carbocycles. The van der Waals surface area contributed by atoms with E-state index < -0.39 is 27.9 Å². The van der Waals surface area contributed by atoms with Crippen LogP contribution in [0.1, 0.15) is 33.1 Å². The highest BCUT2D eigenvalue weighted by molar-refractivity contribution is 6.52. The fourth-order valence-corrected chi connectivity index (χ4v) is 5.39. The van der Waals surface area contributed by atoms with Crippen molar-refractivity contribution >= 4 is 29.2 Å². The van der Waals surface area contributed by atoms with E-state index in [1.807, 2.05) is 0 Å². The van der Waals surface area contributed by atoms with E-state index in [4.69, 9.17) is 37.4 Å². The zero-order valence-corrected chi connectivity index (χ0v) is 15.3. The molecular weight excluding hydrogens is 355 g/mol. The Bertz CT molecular complexity index is 602. The summed E-state index contributed by atoms with van der Waals surface area (Å²) in [4.78, 5) is 10.6. The van der Waals surface area contributed by atoms with Crippen LogP contribution in [0.15, 0.2) is 11.6 Å². The zero-order chi connectivity index (χ0) is 17.3. The number of fused-ring (bicyclic) bond motifs is 2. The van der Waals surface area contributed by atoms with Gasteiger partial charge in [-0.05, 0) is 26.2 Å². The third-order valence-electron chi connectivity index (χ3n) is 6.80. The molecule has 4 aliphatic rings. The minimum Gasteiger partial charge on any atom is -0.463 e. The average Bonchev–Trinajstić information content (AvgIpc) is 3.29. The van der Waals surface area contributed by atoms with Gasteiger partial charge >= 0.3 is 5.97 Å². The van der Waals surface area contributed by atoms with Crippen molar-refractivity contribution in [3.05, 3.63) is 11.6 Å². The largest absolute Gasteiger partial charge is 0.463 e. The Labute approximate surface area is 151 Å². The lowest BCUT2D eigenvalue weighted by molar-refractivity contribution is -0.221. The number of halogens is 2.